The van der Waals surface area contributed by atoms with Crippen molar-refractivity contribution in [1.82, 2.24) is 15.3 Å². The molecule has 2 heterocycles. The van der Waals surface area contributed by atoms with Gasteiger partial charge >= 0.3 is 0 Å². The Morgan fingerprint density at radius 3 is 2.91 bits per heavy atom. The number of carbonyl (C=O) groups excluding carboxylic acids is 1. The maximum atomic E-state index is 12.4. The minimum absolute atomic E-state index is 0.157. The lowest BCUT2D eigenvalue weighted by Gasteiger charge is -2.09. The van der Waals surface area contributed by atoms with E-state index in [1.165, 1.54) is 0 Å². The van der Waals surface area contributed by atoms with E-state index < -0.39 is 0 Å². The summed E-state index contributed by atoms with van der Waals surface area (Å²) in [6, 6.07) is 11.0. The number of nitrogens with zero attached hydrogens (tertiary/aromatic N) is 2. The largest absolute Gasteiger partial charge is 0.348 e. The van der Waals surface area contributed by atoms with Crippen LogP contribution in [0.25, 0.3) is 10.9 Å². The zero-order chi connectivity index (χ0) is 15.5. The number of pyridine rings is 2. The van der Waals surface area contributed by atoms with Crippen LogP contribution in [0.5, 0.6) is 0 Å². The van der Waals surface area contributed by atoms with Gasteiger partial charge in [-0.15, -0.1) is 0 Å². The molecule has 0 saturated carbocycles. The summed E-state index contributed by atoms with van der Waals surface area (Å²) >= 11 is 6.00. The Morgan fingerprint density at radius 1 is 1.27 bits per heavy atom. The molecule has 0 bridgehead atoms. The molecule has 0 atom stereocenters. The van der Waals surface area contributed by atoms with E-state index in [2.05, 4.69) is 15.3 Å². The van der Waals surface area contributed by atoms with Crippen LogP contribution in [0.1, 0.15) is 21.6 Å². The van der Waals surface area contributed by atoms with Gasteiger partial charge in [0.2, 0.25) is 0 Å². The fraction of sp³-hybridized carbons (Fsp3) is 0.118. The molecule has 1 amide bonds. The number of hydrogen-bond donors (Lipinski definition) is 1. The molecule has 2 aromatic heterocycles. The van der Waals surface area contributed by atoms with Crippen LogP contribution in [0, 0.1) is 6.92 Å². The minimum Gasteiger partial charge on any atom is -0.348 e. The van der Waals surface area contributed by atoms with Crippen LogP contribution < -0.4 is 5.32 Å². The second-order valence-electron chi connectivity index (χ2n) is 5.00. The van der Waals surface area contributed by atoms with Gasteiger partial charge in [0.1, 0.15) is 0 Å². The van der Waals surface area contributed by atoms with Crippen molar-refractivity contribution in [2.75, 3.05) is 0 Å². The van der Waals surface area contributed by atoms with Crippen LogP contribution in [0.15, 0.2) is 48.8 Å². The van der Waals surface area contributed by atoms with E-state index in [4.69, 9.17) is 11.6 Å². The van der Waals surface area contributed by atoms with Gasteiger partial charge in [-0.25, -0.2) is 0 Å². The highest BCUT2D eigenvalue weighted by atomic mass is 35.5. The van der Waals surface area contributed by atoms with Crippen molar-refractivity contribution in [1.29, 1.82) is 0 Å². The number of benzene rings is 1. The highest BCUT2D eigenvalue weighted by Crippen LogP contribution is 2.20. The van der Waals surface area contributed by atoms with E-state index in [0.717, 1.165) is 16.5 Å². The molecule has 0 aliphatic carbocycles. The van der Waals surface area contributed by atoms with Crippen LogP contribution in [0.4, 0.5) is 0 Å². The van der Waals surface area contributed by atoms with Crippen LogP contribution in [0.2, 0.25) is 5.02 Å². The number of halogens is 1. The zero-order valence-corrected chi connectivity index (χ0v) is 12.8. The first-order chi connectivity index (χ1) is 10.6. The number of hydrogen-bond acceptors (Lipinski definition) is 3. The summed E-state index contributed by atoms with van der Waals surface area (Å²) in [6.45, 7) is 2.26. The molecule has 3 rings (SSSR count). The van der Waals surface area contributed by atoms with E-state index in [1.807, 2.05) is 31.2 Å². The van der Waals surface area contributed by atoms with Crippen molar-refractivity contribution in [3.8, 4) is 0 Å². The van der Waals surface area contributed by atoms with Crippen molar-refractivity contribution < 1.29 is 4.79 Å². The fourth-order valence-electron chi connectivity index (χ4n) is 2.25. The van der Waals surface area contributed by atoms with Gasteiger partial charge in [0.05, 0.1) is 16.8 Å². The minimum atomic E-state index is -0.157. The third kappa shape index (κ3) is 3.07. The van der Waals surface area contributed by atoms with Crippen LogP contribution in [-0.2, 0) is 6.54 Å². The Hall–Kier alpha value is -2.46. The second-order valence-corrected chi connectivity index (χ2v) is 5.44. The van der Waals surface area contributed by atoms with Gasteiger partial charge in [-0.1, -0.05) is 17.7 Å². The standard InChI is InChI=1S/C17H14ClN3O/c1-11-15(8-13-7-14(18)4-5-16(13)21-11)17(22)20-10-12-3-2-6-19-9-12/h2-9H,10H2,1H3,(H,20,22). The zero-order valence-electron chi connectivity index (χ0n) is 12.0. The smallest absolute Gasteiger partial charge is 0.253 e. The Kier molecular flexibility index (Phi) is 4.02. The first-order valence-corrected chi connectivity index (χ1v) is 7.25. The molecule has 1 aromatic carbocycles. The summed E-state index contributed by atoms with van der Waals surface area (Å²) in [5.41, 5.74) is 3.02. The summed E-state index contributed by atoms with van der Waals surface area (Å²) in [5.74, 6) is -0.157. The van der Waals surface area contributed by atoms with E-state index in [0.29, 0.717) is 22.8 Å². The number of nitrogens with one attached hydrogen (secondary N) is 1. The summed E-state index contributed by atoms with van der Waals surface area (Å²) < 4.78 is 0. The van der Waals surface area contributed by atoms with Gasteiger partial charge < -0.3 is 5.32 Å². The SMILES string of the molecule is Cc1nc2ccc(Cl)cc2cc1C(=O)NCc1cccnc1. The van der Waals surface area contributed by atoms with Crippen molar-refractivity contribution in [3.05, 3.63) is 70.6 Å². The highest BCUT2D eigenvalue weighted by Gasteiger charge is 2.11. The molecule has 5 heteroatoms. The topological polar surface area (TPSA) is 54.9 Å². The van der Waals surface area contributed by atoms with Crippen LogP contribution in [-0.4, -0.2) is 15.9 Å². The van der Waals surface area contributed by atoms with E-state index in [1.54, 1.807) is 24.5 Å². The van der Waals surface area contributed by atoms with Gasteiger partial charge in [-0.3, -0.25) is 14.8 Å². The monoisotopic (exact) mass is 311 g/mol. The quantitative estimate of drug-likeness (QED) is 0.805. The summed E-state index contributed by atoms with van der Waals surface area (Å²) in [4.78, 5) is 20.8. The lowest BCUT2D eigenvalue weighted by molar-refractivity contribution is 0.0950. The van der Waals surface area contributed by atoms with Crippen LogP contribution >= 0.6 is 11.6 Å². The van der Waals surface area contributed by atoms with Crippen molar-refractivity contribution in [3.63, 3.8) is 0 Å². The predicted octanol–water partition coefficient (Wildman–Crippen LogP) is 3.52. The second kappa shape index (κ2) is 6.12. The molecular formula is C17H14ClN3O. The highest BCUT2D eigenvalue weighted by molar-refractivity contribution is 6.31. The van der Waals surface area contributed by atoms with Crippen molar-refractivity contribution in [2.45, 2.75) is 13.5 Å². The number of rotatable bonds is 3. The molecule has 0 fully saturated rings. The molecule has 0 spiro atoms. The molecule has 0 saturated heterocycles. The predicted molar refractivity (Wildman–Crippen MR) is 86.9 cm³/mol. The molecule has 3 aromatic rings. The lowest BCUT2D eigenvalue weighted by atomic mass is 10.1. The Morgan fingerprint density at radius 2 is 2.14 bits per heavy atom. The van der Waals surface area contributed by atoms with Crippen molar-refractivity contribution in [2.24, 2.45) is 0 Å². The van der Waals surface area contributed by atoms with Gasteiger partial charge in [-0.2, -0.15) is 0 Å². The molecule has 0 aliphatic heterocycles. The maximum absolute atomic E-state index is 12.4. The van der Waals surface area contributed by atoms with Gasteiger partial charge in [-0.05, 0) is 42.8 Å². The first-order valence-electron chi connectivity index (χ1n) is 6.87. The van der Waals surface area contributed by atoms with Gasteiger partial charge in [0, 0.05) is 29.3 Å². The molecule has 1 N–H and O–H groups in total. The fourth-order valence-corrected chi connectivity index (χ4v) is 2.43. The third-order valence-electron chi connectivity index (χ3n) is 3.39. The number of amides is 1. The Labute approximate surface area is 133 Å². The van der Waals surface area contributed by atoms with Crippen LogP contribution in [0.3, 0.4) is 0 Å². The maximum Gasteiger partial charge on any atom is 0.253 e. The van der Waals surface area contributed by atoms with E-state index >= 15 is 0 Å². The summed E-state index contributed by atoms with van der Waals surface area (Å²) in [7, 11) is 0. The van der Waals surface area contributed by atoms with E-state index in [9.17, 15) is 4.79 Å². The van der Waals surface area contributed by atoms with Crippen molar-refractivity contribution >= 4 is 28.4 Å². The summed E-state index contributed by atoms with van der Waals surface area (Å²) in [6.07, 6.45) is 3.43. The number of carbonyl (C=O) groups is 1. The molecule has 0 unspecified atom stereocenters. The van der Waals surface area contributed by atoms with Gasteiger partial charge in [0.15, 0.2) is 0 Å². The molecule has 0 aliphatic rings. The normalized spacial score (nSPS) is 10.6. The molecule has 22 heavy (non-hydrogen) atoms. The average molecular weight is 312 g/mol. The average Bonchev–Trinajstić information content (AvgIpc) is 2.53. The number of fused-ring (bicyclic) bond motifs is 1. The molecule has 4 nitrogen and oxygen atoms in total. The molecular weight excluding hydrogens is 298 g/mol. The molecule has 110 valence electrons. The third-order valence-corrected chi connectivity index (χ3v) is 3.62. The number of aryl methyl sites for hydroxylation is 1. The van der Waals surface area contributed by atoms with E-state index in [-0.39, 0.29) is 5.91 Å². The number of aromatic nitrogens is 2. The Balaban J connectivity index is 1.85. The molecule has 0 radical (unpaired) electrons. The van der Waals surface area contributed by atoms with Gasteiger partial charge in [0.25, 0.3) is 5.91 Å². The first kappa shape index (κ1) is 14.5. The Bertz CT molecular complexity index is 834. The summed E-state index contributed by atoms with van der Waals surface area (Å²) in [5, 5.41) is 4.36. The lowest BCUT2D eigenvalue weighted by Crippen LogP contribution is -2.24.